The van der Waals surface area contributed by atoms with Crippen LogP contribution < -0.4 is 60.4 Å². The first-order chi connectivity index (χ1) is 27.1. The van der Waals surface area contributed by atoms with Crippen molar-refractivity contribution in [1.29, 1.82) is 0 Å². The number of hydrazine groups is 1. The van der Waals surface area contributed by atoms with E-state index in [2.05, 4.69) is 27.3 Å². The number of aromatic nitrogens is 4. The second-order valence-corrected chi connectivity index (χ2v) is 12.6. The summed E-state index contributed by atoms with van der Waals surface area (Å²) in [6, 6.07) is 7.71. The van der Waals surface area contributed by atoms with Gasteiger partial charge in [0.15, 0.2) is 0 Å². The quantitative estimate of drug-likeness (QED) is 0.0283. The molecule has 4 aromatic rings. The van der Waals surface area contributed by atoms with Gasteiger partial charge in [0.2, 0.25) is 17.8 Å². The minimum Gasteiger partial charge on any atom is -0.494 e. The Morgan fingerprint density at radius 2 is 1.63 bits per heavy atom. The number of nitrogens with zero attached hydrogens (tertiary/aromatic N) is 5. The van der Waals surface area contributed by atoms with Crippen LogP contribution in [-0.2, 0) is 13.1 Å². The summed E-state index contributed by atoms with van der Waals surface area (Å²) >= 11 is 0. The van der Waals surface area contributed by atoms with E-state index in [0.29, 0.717) is 64.9 Å². The number of rotatable bonds is 19. The van der Waals surface area contributed by atoms with Crippen molar-refractivity contribution in [3.8, 4) is 11.5 Å². The van der Waals surface area contributed by atoms with Crippen molar-refractivity contribution in [2.24, 2.45) is 34.5 Å². The highest BCUT2D eigenvalue weighted by Crippen LogP contribution is 2.33. The Kier molecular flexibility index (Phi) is 16.7. The summed E-state index contributed by atoms with van der Waals surface area (Å²) in [5.41, 5.74) is 38.2. The highest BCUT2D eigenvalue weighted by atomic mass is 16.5. The van der Waals surface area contributed by atoms with Crippen LogP contribution in [0.4, 0.5) is 17.3 Å². The standard InChI is InChI=1S/C34H45N13O5.C4H9N/c1-4-47-26(13-20(2)44-47)33(50)43-34-42-25-15-22(32(39)49)17-28(51-3)30(25)46(34)11-6-5-9-41-29-24(37)14-21(31(38)48)16-27(29)52-12-8-7-10-45(40)19-23(36)18-35;1-4(2)3-5/h5-8,13-17,19,41H,4,9-12,18,35-37,40H2,1-3H3,(H2,38,48)(H2,39,49)(H,42,43,50);1,3,5H2,2H3/b6-5+,8-7+,23-19-;. The maximum atomic E-state index is 13.4. The van der Waals surface area contributed by atoms with Gasteiger partial charge in [-0.05, 0) is 57.2 Å². The smallest absolute Gasteiger partial charge is 0.276 e. The molecule has 57 heavy (non-hydrogen) atoms. The van der Waals surface area contributed by atoms with Crippen LogP contribution in [0.2, 0.25) is 0 Å². The highest BCUT2D eigenvalue weighted by molar-refractivity contribution is 6.04. The monoisotopic (exact) mass is 786 g/mol. The van der Waals surface area contributed by atoms with Gasteiger partial charge in [-0.1, -0.05) is 30.4 Å². The number of imidazole rings is 1. The predicted molar refractivity (Wildman–Crippen MR) is 223 cm³/mol. The molecule has 19 nitrogen and oxygen atoms in total. The number of nitrogens with two attached hydrogens (primary N) is 7. The van der Waals surface area contributed by atoms with Gasteiger partial charge in [0, 0.05) is 55.7 Å². The molecule has 0 bridgehead atoms. The number of hydrogen-bond donors (Lipinski definition) is 9. The van der Waals surface area contributed by atoms with Gasteiger partial charge in [0.25, 0.3) is 5.91 Å². The number of hydrogen-bond acceptors (Lipinski definition) is 14. The molecule has 0 radical (unpaired) electrons. The molecule has 19 heteroatoms. The maximum absolute atomic E-state index is 13.4. The lowest BCUT2D eigenvalue weighted by atomic mass is 10.1. The number of nitrogen functional groups attached to an aromatic ring is 1. The van der Waals surface area contributed by atoms with Gasteiger partial charge in [-0.25, -0.2) is 10.8 Å². The van der Waals surface area contributed by atoms with E-state index in [1.807, 2.05) is 26.0 Å². The van der Waals surface area contributed by atoms with Gasteiger partial charge in [-0.3, -0.25) is 24.4 Å². The minimum atomic E-state index is -0.662. The zero-order valence-corrected chi connectivity index (χ0v) is 32.7. The molecule has 4 rings (SSSR count). The number of amides is 3. The molecule has 0 atom stereocenters. The van der Waals surface area contributed by atoms with E-state index in [9.17, 15) is 14.4 Å². The zero-order valence-electron chi connectivity index (χ0n) is 32.7. The van der Waals surface area contributed by atoms with Crippen molar-refractivity contribution >= 4 is 46.1 Å². The molecule has 0 unspecified atom stereocenters. The van der Waals surface area contributed by atoms with Gasteiger partial charge in [0.1, 0.15) is 35.0 Å². The second kappa shape index (κ2) is 21.3. The number of anilines is 3. The summed E-state index contributed by atoms with van der Waals surface area (Å²) in [6.45, 7) is 11.4. The Morgan fingerprint density at radius 3 is 2.25 bits per heavy atom. The summed E-state index contributed by atoms with van der Waals surface area (Å²) in [7, 11) is 1.46. The first-order valence-corrected chi connectivity index (χ1v) is 17.8. The van der Waals surface area contributed by atoms with Gasteiger partial charge >= 0.3 is 0 Å². The van der Waals surface area contributed by atoms with Crippen molar-refractivity contribution < 1.29 is 23.9 Å². The average molecular weight is 787 g/mol. The van der Waals surface area contributed by atoms with Crippen LogP contribution in [0.15, 0.2) is 78.7 Å². The van der Waals surface area contributed by atoms with Crippen LogP contribution in [-0.4, -0.2) is 82.0 Å². The van der Waals surface area contributed by atoms with Gasteiger partial charge in [-0.2, -0.15) is 5.10 Å². The Hall–Kier alpha value is -6.83. The van der Waals surface area contributed by atoms with Crippen LogP contribution in [0.25, 0.3) is 11.0 Å². The number of ether oxygens (including phenoxy) is 2. The fraction of sp³-hybridized carbons (Fsp3) is 0.289. The molecule has 306 valence electrons. The second-order valence-electron chi connectivity index (χ2n) is 12.6. The van der Waals surface area contributed by atoms with Crippen molar-refractivity contribution in [3.63, 3.8) is 0 Å². The average Bonchev–Trinajstić information content (AvgIpc) is 3.73. The third-order valence-electron chi connectivity index (χ3n) is 7.97. The molecular formula is C38H54N14O5. The van der Waals surface area contributed by atoms with Gasteiger partial charge in [-0.15, -0.1) is 0 Å². The minimum absolute atomic E-state index is 0.135. The van der Waals surface area contributed by atoms with Gasteiger partial charge < -0.3 is 58.8 Å². The largest absolute Gasteiger partial charge is 0.494 e. The van der Waals surface area contributed by atoms with E-state index < -0.39 is 17.7 Å². The number of carbonyl (C=O) groups excluding carboxylic acids is 3. The summed E-state index contributed by atoms with van der Waals surface area (Å²) in [5, 5.41) is 11.8. The number of aryl methyl sites for hydroxylation is 2. The molecule has 2 aromatic heterocycles. The highest BCUT2D eigenvalue weighted by Gasteiger charge is 2.21. The van der Waals surface area contributed by atoms with E-state index in [1.165, 1.54) is 42.6 Å². The number of fused-ring (bicyclic) bond motifs is 1. The van der Waals surface area contributed by atoms with E-state index in [-0.39, 0.29) is 49.0 Å². The summed E-state index contributed by atoms with van der Waals surface area (Å²) in [5.74, 6) is 5.01. The van der Waals surface area contributed by atoms with E-state index in [4.69, 9.17) is 49.7 Å². The van der Waals surface area contributed by atoms with E-state index in [1.54, 1.807) is 34.4 Å². The molecule has 0 saturated carbocycles. The predicted octanol–water partition coefficient (Wildman–Crippen LogP) is 1.66. The molecule has 2 aromatic carbocycles. The van der Waals surface area contributed by atoms with Crippen LogP contribution in [0.5, 0.6) is 11.5 Å². The molecular weight excluding hydrogens is 733 g/mol. The molecule has 0 aliphatic rings. The van der Waals surface area contributed by atoms with Crippen molar-refractivity contribution in [1.82, 2.24) is 24.3 Å². The lowest BCUT2D eigenvalue weighted by Crippen LogP contribution is -2.28. The number of allylic oxidation sites excluding steroid dienone is 1. The van der Waals surface area contributed by atoms with Crippen molar-refractivity contribution in [2.45, 2.75) is 33.9 Å². The fourth-order valence-electron chi connectivity index (χ4n) is 5.16. The third-order valence-corrected chi connectivity index (χ3v) is 7.97. The van der Waals surface area contributed by atoms with Crippen molar-refractivity contribution in [3.05, 3.63) is 101 Å². The maximum Gasteiger partial charge on any atom is 0.276 e. The number of methoxy groups -OCH3 is 1. The number of nitrogens with one attached hydrogen (secondary N) is 2. The van der Waals surface area contributed by atoms with Crippen molar-refractivity contribution in [2.75, 3.05) is 56.3 Å². The number of benzene rings is 2. The topological polar surface area (TPSA) is 315 Å². The normalized spacial score (nSPS) is 11.4. The Morgan fingerprint density at radius 1 is 0.965 bits per heavy atom. The molecule has 0 fully saturated rings. The van der Waals surface area contributed by atoms with E-state index >= 15 is 0 Å². The molecule has 3 amide bonds. The summed E-state index contributed by atoms with van der Waals surface area (Å²) < 4.78 is 14.9. The molecule has 2 heterocycles. The Balaban J connectivity index is 0.00000163. The summed E-state index contributed by atoms with van der Waals surface area (Å²) in [4.78, 5) is 42.0. The Bertz CT molecular complexity index is 2150. The SMILES string of the molecule is C=C(C)CN.CCn1nc(C)cc1C(=O)Nc1nc2cc(C(N)=O)cc(OC)c2n1C/C=C/CNc1c(N)cc(C(N)=O)cc1OC/C=C/CN(N)/C=C(\N)CN. The van der Waals surface area contributed by atoms with E-state index in [0.717, 1.165) is 5.57 Å². The number of carbonyl (C=O) groups is 3. The third kappa shape index (κ3) is 12.6. The lowest BCUT2D eigenvalue weighted by molar-refractivity contribution is 0.0991. The lowest BCUT2D eigenvalue weighted by Gasteiger charge is -2.15. The van der Waals surface area contributed by atoms with Crippen LogP contribution in [0, 0.1) is 6.92 Å². The molecule has 0 aliphatic carbocycles. The first kappa shape index (κ1) is 44.6. The zero-order chi connectivity index (χ0) is 42.2. The van der Waals surface area contributed by atoms with Crippen LogP contribution in [0.3, 0.4) is 0 Å². The number of primary amides is 2. The first-order valence-electron chi connectivity index (χ1n) is 17.8. The molecule has 0 saturated heterocycles. The molecule has 0 aliphatic heterocycles. The Labute approximate surface area is 331 Å². The van der Waals surface area contributed by atoms with Crippen LogP contribution in [0.1, 0.15) is 50.7 Å². The summed E-state index contributed by atoms with van der Waals surface area (Å²) in [6.07, 6.45) is 8.72. The molecule has 0 spiro atoms. The molecule has 16 N–H and O–H groups in total. The van der Waals surface area contributed by atoms with Crippen LogP contribution >= 0.6 is 0 Å². The van der Waals surface area contributed by atoms with Gasteiger partial charge in [0.05, 0.1) is 30.6 Å². The fourth-order valence-corrected chi connectivity index (χ4v) is 5.16.